The maximum atomic E-state index is 11.3. The maximum absolute atomic E-state index is 11.3. The third kappa shape index (κ3) is 3.57. The molecule has 0 aromatic carbocycles. The molecule has 90 valence electrons. The number of hydrogen-bond acceptors (Lipinski definition) is 4. The van der Waals surface area contributed by atoms with Crippen LogP contribution in [0.5, 0.6) is 0 Å². The summed E-state index contributed by atoms with van der Waals surface area (Å²) >= 11 is 1.73. The summed E-state index contributed by atoms with van der Waals surface area (Å²) in [6, 6.07) is 4.12. The van der Waals surface area contributed by atoms with Crippen molar-refractivity contribution in [3.05, 3.63) is 22.4 Å². The van der Waals surface area contributed by atoms with Crippen molar-refractivity contribution in [1.29, 1.82) is 0 Å². The second-order valence-electron chi connectivity index (χ2n) is 4.75. The number of sulfone groups is 1. The SMILES string of the molecule is CS(=O)(=O)CC1(CNCc2cccs2)CC1. The van der Waals surface area contributed by atoms with E-state index in [2.05, 4.69) is 16.8 Å². The minimum atomic E-state index is -2.84. The van der Waals surface area contributed by atoms with Gasteiger partial charge in [0.25, 0.3) is 0 Å². The smallest absolute Gasteiger partial charge is 0.148 e. The Morgan fingerprint density at radius 2 is 2.25 bits per heavy atom. The molecule has 0 bridgehead atoms. The van der Waals surface area contributed by atoms with Crippen LogP contribution < -0.4 is 5.32 Å². The Bertz CT molecular complexity index is 433. The average molecular weight is 259 g/mol. The van der Waals surface area contributed by atoms with Crippen molar-refractivity contribution in [2.24, 2.45) is 5.41 Å². The van der Waals surface area contributed by atoms with E-state index >= 15 is 0 Å². The number of thiophene rings is 1. The molecule has 1 fully saturated rings. The first-order chi connectivity index (χ1) is 7.49. The van der Waals surface area contributed by atoms with Gasteiger partial charge in [0, 0.05) is 24.2 Å². The lowest BCUT2D eigenvalue weighted by Gasteiger charge is -2.14. The van der Waals surface area contributed by atoms with Crippen molar-refractivity contribution < 1.29 is 8.42 Å². The Kier molecular flexibility index (Phi) is 3.37. The van der Waals surface area contributed by atoms with Gasteiger partial charge >= 0.3 is 0 Å². The van der Waals surface area contributed by atoms with E-state index in [1.807, 2.05) is 6.07 Å². The van der Waals surface area contributed by atoms with Crippen LogP contribution in [0, 0.1) is 5.41 Å². The Balaban J connectivity index is 1.78. The molecule has 0 spiro atoms. The average Bonchev–Trinajstić information content (AvgIpc) is 2.72. The van der Waals surface area contributed by atoms with E-state index in [4.69, 9.17) is 0 Å². The molecule has 5 heteroatoms. The minimum Gasteiger partial charge on any atom is -0.311 e. The van der Waals surface area contributed by atoms with Gasteiger partial charge in [-0.3, -0.25) is 0 Å². The van der Waals surface area contributed by atoms with Crippen LogP contribution in [0.3, 0.4) is 0 Å². The van der Waals surface area contributed by atoms with Crippen LogP contribution in [-0.4, -0.2) is 27.0 Å². The van der Waals surface area contributed by atoms with E-state index in [-0.39, 0.29) is 5.41 Å². The van der Waals surface area contributed by atoms with Crippen molar-refractivity contribution in [3.8, 4) is 0 Å². The van der Waals surface area contributed by atoms with E-state index in [9.17, 15) is 8.42 Å². The highest BCUT2D eigenvalue weighted by atomic mass is 32.2. The summed E-state index contributed by atoms with van der Waals surface area (Å²) in [7, 11) is -2.84. The zero-order valence-corrected chi connectivity index (χ0v) is 11.0. The Morgan fingerprint density at radius 3 is 2.75 bits per heavy atom. The molecular weight excluding hydrogens is 242 g/mol. The Labute approximate surface area is 101 Å². The molecule has 0 atom stereocenters. The largest absolute Gasteiger partial charge is 0.311 e. The quantitative estimate of drug-likeness (QED) is 0.845. The van der Waals surface area contributed by atoms with Crippen molar-refractivity contribution in [3.63, 3.8) is 0 Å². The van der Waals surface area contributed by atoms with Crippen molar-refractivity contribution >= 4 is 21.2 Å². The van der Waals surface area contributed by atoms with Gasteiger partial charge in [-0.05, 0) is 29.7 Å². The van der Waals surface area contributed by atoms with E-state index in [1.165, 1.54) is 11.1 Å². The first-order valence-electron chi connectivity index (χ1n) is 5.40. The lowest BCUT2D eigenvalue weighted by atomic mass is 10.1. The predicted octanol–water partition coefficient (Wildman–Crippen LogP) is 1.66. The summed E-state index contributed by atoms with van der Waals surface area (Å²) < 4.78 is 22.5. The predicted molar refractivity (Wildman–Crippen MR) is 67.4 cm³/mol. The molecule has 2 rings (SSSR count). The monoisotopic (exact) mass is 259 g/mol. The molecule has 3 nitrogen and oxygen atoms in total. The highest BCUT2D eigenvalue weighted by Gasteiger charge is 2.44. The van der Waals surface area contributed by atoms with E-state index < -0.39 is 9.84 Å². The molecule has 1 aromatic rings. The lowest BCUT2D eigenvalue weighted by molar-refractivity contribution is 0.493. The molecule has 1 N–H and O–H groups in total. The van der Waals surface area contributed by atoms with Gasteiger partial charge in [-0.2, -0.15) is 0 Å². The second kappa shape index (κ2) is 4.47. The fourth-order valence-electron chi connectivity index (χ4n) is 1.97. The van der Waals surface area contributed by atoms with E-state index in [0.717, 1.165) is 25.9 Å². The number of rotatable bonds is 6. The molecule has 0 amide bonds. The Morgan fingerprint density at radius 1 is 1.50 bits per heavy atom. The summed E-state index contributed by atoms with van der Waals surface area (Å²) in [6.45, 7) is 1.67. The summed E-state index contributed by atoms with van der Waals surface area (Å²) in [5.41, 5.74) is 0.0326. The summed E-state index contributed by atoms with van der Waals surface area (Å²) in [6.07, 6.45) is 3.40. The third-order valence-electron chi connectivity index (χ3n) is 2.90. The highest BCUT2D eigenvalue weighted by Crippen LogP contribution is 2.46. The van der Waals surface area contributed by atoms with Gasteiger partial charge < -0.3 is 5.32 Å². The fourth-order valence-corrected chi connectivity index (χ4v) is 4.15. The van der Waals surface area contributed by atoms with Crippen LogP contribution in [0.1, 0.15) is 17.7 Å². The normalized spacial score (nSPS) is 18.6. The summed E-state index contributed by atoms with van der Waals surface area (Å²) in [5, 5.41) is 5.42. The first-order valence-corrected chi connectivity index (χ1v) is 8.34. The standard InChI is InChI=1S/C11H17NO2S2/c1-16(13,14)9-11(4-5-11)8-12-7-10-3-2-6-15-10/h2-3,6,12H,4-5,7-9H2,1H3. The molecule has 1 heterocycles. The summed E-state index contributed by atoms with van der Waals surface area (Å²) in [5.74, 6) is 0.331. The van der Waals surface area contributed by atoms with Gasteiger partial charge in [0.1, 0.15) is 9.84 Å². The molecule has 1 aliphatic rings. The van der Waals surface area contributed by atoms with E-state index in [1.54, 1.807) is 11.3 Å². The van der Waals surface area contributed by atoms with E-state index in [0.29, 0.717) is 5.75 Å². The first kappa shape index (κ1) is 12.1. The minimum absolute atomic E-state index is 0.0326. The second-order valence-corrected chi connectivity index (χ2v) is 7.93. The van der Waals surface area contributed by atoms with Crippen LogP contribution in [0.2, 0.25) is 0 Å². The van der Waals surface area contributed by atoms with Gasteiger partial charge in [-0.1, -0.05) is 6.07 Å². The Hall–Kier alpha value is -0.390. The highest BCUT2D eigenvalue weighted by molar-refractivity contribution is 7.90. The maximum Gasteiger partial charge on any atom is 0.148 e. The molecule has 0 aliphatic heterocycles. The topological polar surface area (TPSA) is 46.2 Å². The summed E-state index contributed by atoms with van der Waals surface area (Å²) in [4.78, 5) is 1.30. The molecule has 0 radical (unpaired) electrons. The van der Waals surface area contributed by atoms with Gasteiger partial charge in [0.05, 0.1) is 5.75 Å². The number of hydrogen-bond donors (Lipinski definition) is 1. The third-order valence-corrected chi connectivity index (χ3v) is 4.92. The van der Waals surface area contributed by atoms with Crippen LogP contribution in [0.4, 0.5) is 0 Å². The molecule has 1 aromatic heterocycles. The molecule has 0 saturated heterocycles. The van der Waals surface area contributed by atoms with Crippen molar-refractivity contribution in [2.45, 2.75) is 19.4 Å². The van der Waals surface area contributed by atoms with Gasteiger partial charge in [-0.25, -0.2) is 8.42 Å². The molecule has 1 saturated carbocycles. The zero-order chi connectivity index (χ0) is 11.6. The fraction of sp³-hybridized carbons (Fsp3) is 0.636. The van der Waals surface area contributed by atoms with Crippen molar-refractivity contribution in [2.75, 3.05) is 18.6 Å². The van der Waals surface area contributed by atoms with Crippen LogP contribution in [0.15, 0.2) is 17.5 Å². The molecule has 1 aliphatic carbocycles. The van der Waals surface area contributed by atoms with Crippen LogP contribution in [0.25, 0.3) is 0 Å². The molecule has 0 unspecified atom stereocenters. The van der Waals surface area contributed by atoms with Gasteiger partial charge in [0.15, 0.2) is 0 Å². The van der Waals surface area contributed by atoms with Crippen molar-refractivity contribution in [1.82, 2.24) is 5.32 Å². The molecular formula is C11H17NO2S2. The van der Waals surface area contributed by atoms with Gasteiger partial charge in [-0.15, -0.1) is 11.3 Å². The van der Waals surface area contributed by atoms with Crippen LogP contribution >= 0.6 is 11.3 Å². The molecule has 16 heavy (non-hydrogen) atoms. The lowest BCUT2D eigenvalue weighted by Crippen LogP contribution is -2.28. The van der Waals surface area contributed by atoms with Crippen LogP contribution in [-0.2, 0) is 16.4 Å². The zero-order valence-electron chi connectivity index (χ0n) is 9.40. The number of nitrogens with one attached hydrogen (secondary N) is 1. The van der Waals surface area contributed by atoms with Gasteiger partial charge in [0.2, 0.25) is 0 Å².